The second-order valence-electron chi connectivity index (χ2n) is 5.09. The minimum atomic E-state index is 0.735. The zero-order valence-electron chi connectivity index (χ0n) is 11.5. The van der Waals surface area contributed by atoms with Gasteiger partial charge in [-0.05, 0) is 26.8 Å². The van der Waals surface area contributed by atoms with Gasteiger partial charge in [0.05, 0.1) is 6.54 Å². The molecule has 0 aromatic carbocycles. The Morgan fingerprint density at radius 3 is 2.61 bits per heavy atom. The van der Waals surface area contributed by atoms with Gasteiger partial charge in [-0.25, -0.2) is 0 Å². The lowest BCUT2D eigenvalue weighted by Crippen LogP contribution is -2.30. The maximum Gasteiger partial charge on any atom is 0.205 e. The SMILES string of the molecule is CCNc1nnc(CN(C)C2CCCCCC2)s1. The fourth-order valence-electron chi connectivity index (χ4n) is 2.58. The number of rotatable bonds is 5. The standard InChI is InChI=1S/C13H24N4S/c1-3-14-13-16-15-12(18-13)10-17(2)11-8-6-4-5-7-9-11/h11H,3-10H2,1-2H3,(H,14,16). The number of hydrogen-bond donors (Lipinski definition) is 1. The summed E-state index contributed by atoms with van der Waals surface area (Å²) in [5.41, 5.74) is 0. The molecule has 0 radical (unpaired) electrons. The van der Waals surface area contributed by atoms with Crippen molar-refractivity contribution in [2.75, 3.05) is 18.9 Å². The van der Waals surface area contributed by atoms with Gasteiger partial charge >= 0.3 is 0 Å². The Balaban J connectivity index is 1.86. The molecule has 1 N–H and O–H groups in total. The molecule has 0 saturated heterocycles. The fourth-order valence-corrected chi connectivity index (χ4v) is 3.45. The van der Waals surface area contributed by atoms with Gasteiger partial charge in [0.15, 0.2) is 0 Å². The summed E-state index contributed by atoms with van der Waals surface area (Å²) in [6.45, 7) is 3.93. The van der Waals surface area contributed by atoms with Crippen LogP contribution in [0.15, 0.2) is 0 Å². The fraction of sp³-hybridized carbons (Fsp3) is 0.846. The average molecular weight is 268 g/mol. The Hall–Kier alpha value is -0.680. The molecule has 1 saturated carbocycles. The molecule has 18 heavy (non-hydrogen) atoms. The van der Waals surface area contributed by atoms with Crippen molar-refractivity contribution in [3.63, 3.8) is 0 Å². The Kier molecular flexibility index (Phi) is 5.38. The van der Waals surface area contributed by atoms with Gasteiger partial charge in [0.1, 0.15) is 5.01 Å². The molecule has 1 aliphatic carbocycles. The molecule has 1 aromatic heterocycles. The van der Waals surface area contributed by atoms with Crippen LogP contribution in [-0.2, 0) is 6.54 Å². The molecule has 0 amide bonds. The summed E-state index contributed by atoms with van der Waals surface area (Å²) >= 11 is 1.68. The lowest BCUT2D eigenvalue weighted by atomic mass is 10.1. The van der Waals surface area contributed by atoms with Crippen molar-refractivity contribution in [1.29, 1.82) is 0 Å². The van der Waals surface area contributed by atoms with E-state index in [1.807, 2.05) is 0 Å². The normalized spacial score (nSPS) is 17.9. The van der Waals surface area contributed by atoms with Crippen molar-refractivity contribution in [2.45, 2.75) is 58.0 Å². The molecule has 1 aliphatic rings. The van der Waals surface area contributed by atoms with Crippen LogP contribution in [0, 0.1) is 0 Å². The molecule has 4 nitrogen and oxygen atoms in total. The highest BCUT2D eigenvalue weighted by atomic mass is 32.1. The zero-order valence-corrected chi connectivity index (χ0v) is 12.3. The first-order chi connectivity index (χ1) is 8.79. The summed E-state index contributed by atoms with van der Waals surface area (Å²) in [6.07, 6.45) is 8.27. The molecular weight excluding hydrogens is 244 g/mol. The van der Waals surface area contributed by atoms with Crippen LogP contribution in [0.25, 0.3) is 0 Å². The van der Waals surface area contributed by atoms with E-state index in [1.165, 1.54) is 38.5 Å². The minimum Gasteiger partial charge on any atom is -0.360 e. The number of nitrogens with one attached hydrogen (secondary N) is 1. The quantitative estimate of drug-likeness (QED) is 0.833. The van der Waals surface area contributed by atoms with Gasteiger partial charge in [0.25, 0.3) is 0 Å². The summed E-state index contributed by atoms with van der Waals surface area (Å²) in [7, 11) is 2.23. The van der Waals surface area contributed by atoms with Gasteiger partial charge in [0, 0.05) is 12.6 Å². The maximum absolute atomic E-state index is 4.26. The molecule has 0 unspecified atom stereocenters. The summed E-state index contributed by atoms with van der Waals surface area (Å²) in [6, 6.07) is 0.735. The lowest BCUT2D eigenvalue weighted by Gasteiger charge is -2.25. The Morgan fingerprint density at radius 1 is 1.22 bits per heavy atom. The van der Waals surface area contributed by atoms with Crippen LogP contribution in [0.5, 0.6) is 0 Å². The van der Waals surface area contributed by atoms with Crippen LogP contribution in [-0.4, -0.2) is 34.7 Å². The van der Waals surface area contributed by atoms with E-state index in [0.29, 0.717) is 0 Å². The molecule has 102 valence electrons. The monoisotopic (exact) mass is 268 g/mol. The van der Waals surface area contributed by atoms with Gasteiger partial charge < -0.3 is 5.32 Å². The van der Waals surface area contributed by atoms with Crippen LogP contribution in [0.3, 0.4) is 0 Å². The van der Waals surface area contributed by atoms with E-state index in [0.717, 1.165) is 29.3 Å². The Bertz CT molecular complexity index is 345. The molecule has 0 aliphatic heterocycles. The minimum absolute atomic E-state index is 0.735. The van der Waals surface area contributed by atoms with Crippen LogP contribution in [0.1, 0.15) is 50.5 Å². The van der Waals surface area contributed by atoms with Crippen molar-refractivity contribution in [3.05, 3.63) is 5.01 Å². The smallest absolute Gasteiger partial charge is 0.205 e. The maximum atomic E-state index is 4.26. The highest BCUT2D eigenvalue weighted by molar-refractivity contribution is 7.15. The van der Waals surface area contributed by atoms with Crippen molar-refractivity contribution < 1.29 is 0 Å². The molecular formula is C13H24N4S. The molecule has 1 heterocycles. The molecule has 1 fully saturated rings. The summed E-state index contributed by atoms with van der Waals surface area (Å²) < 4.78 is 0. The van der Waals surface area contributed by atoms with E-state index in [-0.39, 0.29) is 0 Å². The average Bonchev–Trinajstić information content (AvgIpc) is 2.65. The molecule has 0 atom stereocenters. The zero-order chi connectivity index (χ0) is 12.8. The Labute approximate surface area is 114 Å². The van der Waals surface area contributed by atoms with E-state index in [4.69, 9.17) is 0 Å². The lowest BCUT2D eigenvalue weighted by molar-refractivity contribution is 0.212. The largest absolute Gasteiger partial charge is 0.360 e. The molecule has 2 rings (SSSR count). The Morgan fingerprint density at radius 2 is 1.94 bits per heavy atom. The van der Waals surface area contributed by atoms with Crippen molar-refractivity contribution in [2.24, 2.45) is 0 Å². The third kappa shape index (κ3) is 3.92. The predicted octanol–water partition coefficient (Wildman–Crippen LogP) is 3.12. The first-order valence-electron chi connectivity index (χ1n) is 7.06. The third-order valence-electron chi connectivity index (χ3n) is 3.63. The van der Waals surface area contributed by atoms with Gasteiger partial charge in [0.2, 0.25) is 5.13 Å². The van der Waals surface area contributed by atoms with Crippen molar-refractivity contribution in [3.8, 4) is 0 Å². The van der Waals surface area contributed by atoms with E-state index in [2.05, 4.69) is 34.4 Å². The number of hydrogen-bond acceptors (Lipinski definition) is 5. The van der Waals surface area contributed by atoms with Gasteiger partial charge in [-0.3, -0.25) is 4.90 Å². The van der Waals surface area contributed by atoms with Crippen LogP contribution in [0.2, 0.25) is 0 Å². The van der Waals surface area contributed by atoms with Crippen LogP contribution < -0.4 is 5.32 Å². The second-order valence-corrected chi connectivity index (χ2v) is 6.15. The van der Waals surface area contributed by atoms with Gasteiger partial charge in [-0.2, -0.15) is 0 Å². The molecule has 5 heteroatoms. The van der Waals surface area contributed by atoms with E-state index in [1.54, 1.807) is 11.3 Å². The first kappa shape index (κ1) is 13.7. The number of anilines is 1. The molecule has 0 bridgehead atoms. The van der Waals surface area contributed by atoms with Gasteiger partial charge in [-0.15, -0.1) is 10.2 Å². The first-order valence-corrected chi connectivity index (χ1v) is 7.87. The van der Waals surface area contributed by atoms with E-state index < -0.39 is 0 Å². The highest BCUT2D eigenvalue weighted by Gasteiger charge is 2.18. The van der Waals surface area contributed by atoms with Crippen molar-refractivity contribution in [1.82, 2.24) is 15.1 Å². The van der Waals surface area contributed by atoms with E-state index in [9.17, 15) is 0 Å². The molecule has 1 aromatic rings. The number of aromatic nitrogens is 2. The van der Waals surface area contributed by atoms with Crippen LogP contribution in [0.4, 0.5) is 5.13 Å². The summed E-state index contributed by atoms with van der Waals surface area (Å²) in [4.78, 5) is 2.46. The van der Waals surface area contributed by atoms with Gasteiger partial charge in [-0.1, -0.05) is 37.0 Å². The molecule has 0 spiro atoms. The summed E-state index contributed by atoms with van der Waals surface area (Å²) in [5, 5.41) is 13.7. The topological polar surface area (TPSA) is 41.1 Å². The predicted molar refractivity (Wildman–Crippen MR) is 77.0 cm³/mol. The second kappa shape index (κ2) is 7.04. The van der Waals surface area contributed by atoms with Crippen molar-refractivity contribution >= 4 is 16.5 Å². The third-order valence-corrected chi connectivity index (χ3v) is 4.49. The highest BCUT2D eigenvalue weighted by Crippen LogP contribution is 2.23. The van der Waals surface area contributed by atoms with Crippen LogP contribution >= 0.6 is 11.3 Å². The van der Waals surface area contributed by atoms with E-state index >= 15 is 0 Å². The number of nitrogens with zero attached hydrogens (tertiary/aromatic N) is 3. The summed E-state index contributed by atoms with van der Waals surface area (Å²) in [5.74, 6) is 0.